The quantitative estimate of drug-likeness (QED) is 0.437. The maximum absolute atomic E-state index is 10.9. The van der Waals surface area contributed by atoms with Crippen LogP contribution in [0.4, 0.5) is 0 Å². The molecule has 0 radical (unpaired) electrons. The van der Waals surface area contributed by atoms with Crippen molar-refractivity contribution in [1.82, 2.24) is 9.97 Å². The van der Waals surface area contributed by atoms with E-state index in [1.54, 1.807) is 30.5 Å². The minimum atomic E-state index is -1.01. The Balaban J connectivity index is 1.47. The minimum absolute atomic E-state index is 0.381. The lowest BCUT2D eigenvalue weighted by Gasteiger charge is -2.11. The van der Waals surface area contributed by atoms with Gasteiger partial charge < -0.3 is 14.6 Å². The van der Waals surface area contributed by atoms with Crippen LogP contribution in [-0.4, -0.2) is 27.1 Å². The lowest BCUT2D eigenvalue weighted by Crippen LogP contribution is -2.22. The summed E-state index contributed by atoms with van der Waals surface area (Å²) in [7, 11) is 0. The van der Waals surface area contributed by atoms with Gasteiger partial charge in [0, 0.05) is 5.02 Å². The summed E-state index contributed by atoms with van der Waals surface area (Å²) in [5.74, 6) is 0.508. The number of carboxylic acids is 1. The van der Waals surface area contributed by atoms with Crippen molar-refractivity contribution in [1.29, 1.82) is 0 Å². The van der Waals surface area contributed by atoms with Crippen molar-refractivity contribution in [3.05, 3.63) is 77.9 Å². The summed E-state index contributed by atoms with van der Waals surface area (Å²) in [4.78, 5) is 19.6. The molecule has 4 aromatic rings. The highest BCUT2D eigenvalue weighted by atomic mass is 35.5. The topological polar surface area (TPSA) is 81.5 Å². The molecule has 0 aliphatic rings. The minimum Gasteiger partial charge on any atom is -0.479 e. The molecule has 0 aliphatic heterocycles. The lowest BCUT2D eigenvalue weighted by molar-refractivity contribution is -0.144. The zero-order valence-electron chi connectivity index (χ0n) is 15.9. The zero-order chi connectivity index (χ0) is 21.1. The molecule has 1 aromatic heterocycles. The van der Waals surface area contributed by atoms with Gasteiger partial charge in [-0.1, -0.05) is 35.9 Å². The van der Waals surface area contributed by atoms with E-state index in [-0.39, 0.29) is 0 Å². The smallest absolute Gasteiger partial charge is 0.344 e. The molecule has 0 aliphatic carbocycles. The maximum atomic E-state index is 10.9. The van der Waals surface area contributed by atoms with E-state index in [0.29, 0.717) is 27.9 Å². The largest absolute Gasteiger partial charge is 0.479 e. The average Bonchev–Trinajstić information content (AvgIpc) is 2.74. The molecule has 7 heteroatoms. The maximum Gasteiger partial charge on any atom is 0.344 e. The molecule has 3 aromatic carbocycles. The Bertz CT molecular complexity index is 1190. The van der Waals surface area contributed by atoms with Gasteiger partial charge in [0.05, 0.1) is 17.2 Å². The van der Waals surface area contributed by atoms with Gasteiger partial charge >= 0.3 is 5.97 Å². The summed E-state index contributed by atoms with van der Waals surface area (Å²) in [5, 5.41) is 9.51. The predicted octanol–water partition coefficient (Wildman–Crippen LogP) is 5.59. The van der Waals surface area contributed by atoms with Gasteiger partial charge in [-0.2, -0.15) is 0 Å². The van der Waals surface area contributed by atoms with Crippen molar-refractivity contribution in [2.45, 2.75) is 13.0 Å². The van der Waals surface area contributed by atoms with Crippen LogP contribution < -0.4 is 9.47 Å². The number of benzene rings is 3. The van der Waals surface area contributed by atoms with Crippen molar-refractivity contribution in [3.8, 4) is 28.5 Å². The van der Waals surface area contributed by atoms with Crippen LogP contribution in [0.15, 0.2) is 72.9 Å². The number of aliphatic carboxylic acids is 1. The molecule has 0 saturated heterocycles. The fourth-order valence-electron chi connectivity index (χ4n) is 2.83. The first-order valence-corrected chi connectivity index (χ1v) is 9.56. The van der Waals surface area contributed by atoms with Crippen molar-refractivity contribution in [2.24, 2.45) is 0 Å². The second-order valence-electron chi connectivity index (χ2n) is 6.59. The molecular weight excluding hydrogens is 404 g/mol. The second-order valence-corrected chi connectivity index (χ2v) is 7.03. The van der Waals surface area contributed by atoms with Gasteiger partial charge in [-0.15, -0.1) is 0 Å². The standard InChI is InChI=1S/C23H17ClN2O4/c1-14(23(27)28)29-18-7-2-15(3-8-18)16-4-9-19(10-5-16)30-22-13-25-20-11-6-17(24)12-21(20)26-22/h2-14H,1H3,(H,27,28). The molecule has 150 valence electrons. The Morgan fingerprint density at radius 2 is 1.57 bits per heavy atom. The van der Waals surface area contributed by atoms with Gasteiger partial charge in [-0.25, -0.2) is 14.8 Å². The summed E-state index contributed by atoms with van der Waals surface area (Å²) >= 11 is 6.01. The van der Waals surface area contributed by atoms with E-state index < -0.39 is 12.1 Å². The molecule has 30 heavy (non-hydrogen) atoms. The third kappa shape index (κ3) is 4.50. The number of carbonyl (C=O) groups is 1. The summed E-state index contributed by atoms with van der Waals surface area (Å²) in [5.41, 5.74) is 3.36. The average molecular weight is 421 g/mol. The Hall–Kier alpha value is -3.64. The molecule has 0 saturated carbocycles. The molecule has 0 amide bonds. The fraction of sp³-hybridized carbons (Fsp3) is 0.0870. The first kappa shape index (κ1) is 19.7. The van der Waals surface area contributed by atoms with Gasteiger partial charge in [-0.3, -0.25) is 0 Å². The van der Waals surface area contributed by atoms with Crippen molar-refractivity contribution in [2.75, 3.05) is 0 Å². The number of carboxylic acid groups (broad SMARTS) is 1. The highest BCUT2D eigenvalue weighted by molar-refractivity contribution is 6.31. The van der Waals surface area contributed by atoms with Crippen LogP contribution in [-0.2, 0) is 4.79 Å². The summed E-state index contributed by atoms with van der Waals surface area (Å²) in [6, 6.07) is 20.1. The first-order valence-electron chi connectivity index (χ1n) is 9.18. The number of fused-ring (bicyclic) bond motifs is 1. The summed E-state index contributed by atoms with van der Waals surface area (Å²) in [6.45, 7) is 1.49. The number of hydrogen-bond donors (Lipinski definition) is 1. The number of ether oxygens (including phenoxy) is 2. The van der Waals surface area contributed by atoms with Crippen LogP contribution in [0.5, 0.6) is 17.4 Å². The highest BCUT2D eigenvalue weighted by Gasteiger charge is 2.12. The van der Waals surface area contributed by atoms with E-state index in [1.807, 2.05) is 42.5 Å². The second kappa shape index (κ2) is 8.39. The molecule has 6 nitrogen and oxygen atoms in total. The van der Waals surface area contributed by atoms with Gasteiger partial charge in [0.15, 0.2) is 6.10 Å². The van der Waals surface area contributed by atoms with Crippen LogP contribution in [0.2, 0.25) is 5.02 Å². The number of rotatable bonds is 6. The van der Waals surface area contributed by atoms with E-state index >= 15 is 0 Å². The molecule has 1 unspecified atom stereocenters. The van der Waals surface area contributed by atoms with Gasteiger partial charge in [-0.05, 0) is 60.5 Å². The third-order valence-electron chi connectivity index (χ3n) is 4.41. The summed E-state index contributed by atoms with van der Waals surface area (Å²) < 4.78 is 11.2. The number of hydrogen-bond acceptors (Lipinski definition) is 5. The zero-order valence-corrected chi connectivity index (χ0v) is 16.7. The Morgan fingerprint density at radius 1 is 0.933 bits per heavy atom. The Kier molecular flexibility index (Phi) is 5.50. The van der Waals surface area contributed by atoms with Crippen LogP contribution in [0.25, 0.3) is 22.2 Å². The molecule has 0 bridgehead atoms. The van der Waals surface area contributed by atoms with Gasteiger partial charge in [0.2, 0.25) is 5.88 Å². The molecule has 1 N–H and O–H groups in total. The molecule has 1 heterocycles. The predicted molar refractivity (Wildman–Crippen MR) is 114 cm³/mol. The monoisotopic (exact) mass is 420 g/mol. The Morgan fingerprint density at radius 3 is 2.20 bits per heavy atom. The molecule has 4 rings (SSSR count). The number of aromatic nitrogens is 2. The number of halogens is 1. The Labute approximate surface area is 177 Å². The molecule has 0 fully saturated rings. The van der Waals surface area contributed by atoms with Crippen LogP contribution in [0.1, 0.15) is 6.92 Å². The third-order valence-corrected chi connectivity index (χ3v) is 4.64. The van der Waals surface area contributed by atoms with E-state index in [1.165, 1.54) is 6.92 Å². The van der Waals surface area contributed by atoms with Gasteiger partial charge in [0.25, 0.3) is 0 Å². The van der Waals surface area contributed by atoms with Gasteiger partial charge in [0.1, 0.15) is 11.5 Å². The normalized spacial score (nSPS) is 11.8. The van der Waals surface area contributed by atoms with Crippen LogP contribution in [0.3, 0.4) is 0 Å². The van der Waals surface area contributed by atoms with Crippen molar-refractivity contribution < 1.29 is 19.4 Å². The van der Waals surface area contributed by atoms with Crippen LogP contribution in [0, 0.1) is 0 Å². The lowest BCUT2D eigenvalue weighted by atomic mass is 10.1. The molecular formula is C23H17ClN2O4. The molecule has 0 spiro atoms. The number of nitrogens with zero attached hydrogens (tertiary/aromatic N) is 2. The highest BCUT2D eigenvalue weighted by Crippen LogP contribution is 2.27. The van der Waals surface area contributed by atoms with E-state index in [9.17, 15) is 4.79 Å². The SMILES string of the molecule is CC(Oc1ccc(-c2ccc(Oc3cnc4ccc(Cl)cc4n3)cc2)cc1)C(=O)O. The summed E-state index contributed by atoms with van der Waals surface area (Å²) in [6.07, 6.45) is 0.669. The van der Waals surface area contributed by atoms with E-state index in [0.717, 1.165) is 16.6 Å². The first-order chi connectivity index (χ1) is 14.5. The van der Waals surface area contributed by atoms with Crippen molar-refractivity contribution in [3.63, 3.8) is 0 Å². The molecule has 1 atom stereocenters. The van der Waals surface area contributed by atoms with E-state index in [2.05, 4.69) is 9.97 Å². The fourth-order valence-corrected chi connectivity index (χ4v) is 3.00. The van der Waals surface area contributed by atoms with Crippen molar-refractivity contribution >= 4 is 28.6 Å². The van der Waals surface area contributed by atoms with E-state index in [4.69, 9.17) is 26.2 Å². The van der Waals surface area contributed by atoms with Crippen LogP contribution >= 0.6 is 11.6 Å².